The zero-order valence-corrected chi connectivity index (χ0v) is 6.55. The van der Waals surface area contributed by atoms with Gasteiger partial charge in [0.15, 0.2) is 0 Å². The molecule has 1 nitrogen and oxygen atoms in total. The number of hydrogen-bond donors (Lipinski definition) is 1. The van der Waals surface area contributed by atoms with Crippen molar-refractivity contribution < 1.29 is 0 Å². The van der Waals surface area contributed by atoms with Crippen LogP contribution in [0, 0.1) is 11.8 Å². The lowest BCUT2D eigenvalue weighted by Gasteiger charge is -2.20. The maximum absolute atomic E-state index is 5.80. The quantitative estimate of drug-likeness (QED) is 0.590. The fourth-order valence-electron chi connectivity index (χ4n) is 2.34. The smallest absolute Gasteiger partial charge is 0.00737 e. The van der Waals surface area contributed by atoms with Gasteiger partial charge in [-0.25, -0.2) is 0 Å². The van der Waals surface area contributed by atoms with Crippen LogP contribution in [0.15, 0.2) is 0 Å². The first-order chi connectivity index (χ1) is 4.88. The zero-order valence-electron chi connectivity index (χ0n) is 6.55. The van der Waals surface area contributed by atoms with Crippen LogP contribution in [0.5, 0.6) is 0 Å². The van der Waals surface area contributed by atoms with Crippen LogP contribution >= 0.6 is 0 Å². The average molecular weight is 139 g/mol. The Labute approximate surface area is 63.0 Å². The van der Waals surface area contributed by atoms with Crippen molar-refractivity contribution in [3.8, 4) is 0 Å². The van der Waals surface area contributed by atoms with Gasteiger partial charge in [-0.2, -0.15) is 0 Å². The van der Waals surface area contributed by atoms with Crippen molar-refractivity contribution in [3.05, 3.63) is 0 Å². The van der Waals surface area contributed by atoms with Gasteiger partial charge in [-0.05, 0) is 18.3 Å². The third kappa shape index (κ3) is 1.20. The van der Waals surface area contributed by atoms with Gasteiger partial charge in [0.25, 0.3) is 0 Å². The van der Waals surface area contributed by atoms with Crippen molar-refractivity contribution in [3.63, 3.8) is 0 Å². The Morgan fingerprint density at radius 2 is 1.60 bits per heavy atom. The minimum Gasteiger partial charge on any atom is -0.327 e. The second-order valence-corrected chi connectivity index (χ2v) is 3.96. The van der Waals surface area contributed by atoms with Crippen LogP contribution in [-0.4, -0.2) is 6.04 Å². The predicted octanol–water partition coefficient (Wildman–Crippen LogP) is 1.91. The molecule has 2 atom stereocenters. The van der Waals surface area contributed by atoms with Crippen LogP contribution in [0.4, 0.5) is 0 Å². The highest BCUT2D eigenvalue weighted by atomic mass is 14.8. The maximum atomic E-state index is 5.80. The third-order valence-electron chi connectivity index (χ3n) is 3.15. The standard InChI is InChI=1S/C9H17N/c10-9-6-8(9)7-4-2-1-3-5-7/h7-9H,1-6,10H2/t8-,9-/m1/s1. The molecule has 0 saturated heterocycles. The average Bonchev–Trinajstić information content (AvgIpc) is 2.69. The van der Waals surface area contributed by atoms with Gasteiger partial charge in [-0.1, -0.05) is 32.1 Å². The van der Waals surface area contributed by atoms with Crippen molar-refractivity contribution in [2.45, 2.75) is 44.6 Å². The van der Waals surface area contributed by atoms with Gasteiger partial charge in [-0.3, -0.25) is 0 Å². The molecule has 10 heavy (non-hydrogen) atoms. The van der Waals surface area contributed by atoms with Crippen LogP contribution in [0.1, 0.15) is 38.5 Å². The summed E-state index contributed by atoms with van der Waals surface area (Å²) in [5, 5.41) is 0. The minimum atomic E-state index is 0.586. The summed E-state index contributed by atoms with van der Waals surface area (Å²) < 4.78 is 0. The molecule has 0 bridgehead atoms. The molecule has 2 saturated carbocycles. The summed E-state index contributed by atoms with van der Waals surface area (Å²) in [5.41, 5.74) is 5.80. The monoisotopic (exact) mass is 139 g/mol. The van der Waals surface area contributed by atoms with Crippen molar-refractivity contribution >= 4 is 0 Å². The first kappa shape index (κ1) is 6.66. The molecule has 0 heterocycles. The molecule has 2 rings (SSSR count). The van der Waals surface area contributed by atoms with Gasteiger partial charge in [0, 0.05) is 6.04 Å². The molecule has 1 heteroatoms. The van der Waals surface area contributed by atoms with Gasteiger partial charge >= 0.3 is 0 Å². The summed E-state index contributed by atoms with van der Waals surface area (Å²) in [4.78, 5) is 0. The molecule has 0 spiro atoms. The second kappa shape index (κ2) is 2.54. The van der Waals surface area contributed by atoms with E-state index in [1.54, 1.807) is 0 Å². The van der Waals surface area contributed by atoms with Crippen LogP contribution in [-0.2, 0) is 0 Å². The minimum absolute atomic E-state index is 0.586. The third-order valence-corrected chi connectivity index (χ3v) is 3.15. The molecule has 2 aliphatic rings. The highest BCUT2D eigenvalue weighted by Gasteiger charge is 2.39. The lowest BCUT2D eigenvalue weighted by molar-refractivity contribution is 0.318. The Bertz CT molecular complexity index is 116. The topological polar surface area (TPSA) is 26.0 Å². The Morgan fingerprint density at radius 1 is 1.00 bits per heavy atom. The van der Waals surface area contributed by atoms with Gasteiger partial charge < -0.3 is 5.73 Å². The van der Waals surface area contributed by atoms with Crippen molar-refractivity contribution in [2.75, 3.05) is 0 Å². The summed E-state index contributed by atoms with van der Waals surface area (Å²) in [6, 6.07) is 0.586. The van der Waals surface area contributed by atoms with E-state index in [-0.39, 0.29) is 0 Å². The van der Waals surface area contributed by atoms with Crippen molar-refractivity contribution in [1.29, 1.82) is 0 Å². The summed E-state index contributed by atoms with van der Waals surface area (Å²) in [6.45, 7) is 0. The number of hydrogen-bond acceptors (Lipinski definition) is 1. The molecular formula is C9H17N. The van der Waals surface area contributed by atoms with E-state index >= 15 is 0 Å². The molecule has 2 fully saturated rings. The van der Waals surface area contributed by atoms with Crippen LogP contribution in [0.25, 0.3) is 0 Å². The van der Waals surface area contributed by atoms with Gasteiger partial charge in [0.05, 0.1) is 0 Å². The van der Waals surface area contributed by atoms with E-state index < -0.39 is 0 Å². The normalized spacial score (nSPS) is 41.7. The molecule has 2 N–H and O–H groups in total. The van der Waals surface area contributed by atoms with Gasteiger partial charge in [0.1, 0.15) is 0 Å². The zero-order chi connectivity index (χ0) is 6.97. The van der Waals surface area contributed by atoms with E-state index in [1.165, 1.54) is 38.5 Å². The molecule has 0 amide bonds. The summed E-state index contributed by atoms with van der Waals surface area (Å²) in [6.07, 6.45) is 8.67. The van der Waals surface area contributed by atoms with Crippen LogP contribution < -0.4 is 5.73 Å². The molecule has 58 valence electrons. The first-order valence-corrected chi connectivity index (χ1v) is 4.63. The lowest BCUT2D eigenvalue weighted by atomic mass is 9.86. The van der Waals surface area contributed by atoms with Gasteiger partial charge in [-0.15, -0.1) is 0 Å². The fraction of sp³-hybridized carbons (Fsp3) is 1.00. The van der Waals surface area contributed by atoms with E-state index in [0.29, 0.717) is 6.04 Å². The highest BCUT2D eigenvalue weighted by molar-refractivity contribution is 4.95. The molecule has 0 unspecified atom stereocenters. The fourth-order valence-corrected chi connectivity index (χ4v) is 2.34. The summed E-state index contributed by atoms with van der Waals surface area (Å²) in [5.74, 6) is 1.95. The van der Waals surface area contributed by atoms with E-state index in [0.717, 1.165) is 11.8 Å². The molecule has 0 radical (unpaired) electrons. The molecule has 2 aliphatic carbocycles. The van der Waals surface area contributed by atoms with E-state index in [4.69, 9.17) is 5.73 Å². The Kier molecular flexibility index (Phi) is 1.69. The Hall–Kier alpha value is -0.0400. The number of nitrogens with two attached hydrogens (primary N) is 1. The molecule has 0 aromatic heterocycles. The predicted molar refractivity (Wildman–Crippen MR) is 42.7 cm³/mol. The lowest BCUT2D eigenvalue weighted by Crippen LogP contribution is -2.13. The van der Waals surface area contributed by atoms with Crippen molar-refractivity contribution in [2.24, 2.45) is 17.6 Å². The van der Waals surface area contributed by atoms with Crippen molar-refractivity contribution in [1.82, 2.24) is 0 Å². The SMILES string of the molecule is N[C@@H]1C[C@@H]1C1CCCCC1. The van der Waals surface area contributed by atoms with E-state index in [9.17, 15) is 0 Å². The van der Waals surface area contributed by atoms with E-state index in [1.807, 2.05) is 0 Å². The summed E-state index contributed by atoms with van der Waals surface area (Å²) >= 11 is 0. The maximum Gasteiger partial charge on any atom is 0.00737 e. The highest BCUT2D eigenvalue weighted by Crippen LogP contribution is 2.42. The first-order valence-electron chi connectivity index (χ1n) is 4.63. The number of rotatable bonds is 1. The molecular weight excluding hydrogens is 122 g/mol. The molecule has 0 aromatic rings. The largest absolute Gasteiger partial charge is 0.327 e. The van der Waals surface area contributed by atoms with E-state index in [2.05, 4.69) is 0 Å². The van der Waals surface area contributed by atoms with Crippen LogP contribution in [0.2, 0.25) is 0 Å². The second-order valence-electron chi connectivity index (χ2n) is 3.96. The Balaban J connectivity index is 1.81. The molecule has 0 aromatic carbocycles. The Morgan fingerprint density at radius 3 is 2.10 bits per heavy atom. The van der Waals surface area contributed by atoms with Crippen LogP contribution in [0.3, 0.4) is 0 Å². The van der Waals surface area contributed by atoms with Gasteiger partial charge in [0.2, 0.25) is 0 Å². The molecule has 0 aliphatic heterocycles. The summed E-state index contributed by atoms with van der Waals surface area (Å²) in [7, 11) is 0.